The minimum Gasteiger partial charge on any atom is -0.361 e. The summed E-state index contributed by atoms with van der Waals surface area (Å²) in [6, 6.07) is 13.6. The number of fused-ring (bicyclic) bond motifs is 2. The van der Waals surface area contributed by atoms with Crippen LogP contribution in [0.25, 0.3) is 21.8 Å². The van der Waals surface area contributed by atoms with Gasteiger partial charge in [0.15, 0.2) is 0 Å². The third kappa shape index (κ3) is 3.94. The van der Waals surface area contributed by atoms with Crippen molar-refractivity contribution in [3.8, 4) is 0 Å². The summed E-state index contributed by atoms with van der Waals surface area (Å²) in [5.74, 6) is 1.32. The molecule has 0 amide bonds. The van der Waals surface area contributed by atoms with Gasteiger partial charge in [-0.2, -0.15) is 0 Å². The molecule has 4 aromatic rings. The van der Waals surface area contributed by atoms with E-state index in [1.54, 1.807) is 0 Å². The number of hydrogen-bond acceptors (Lipinski definition) is 3. The molecule has 0 radical (unpaired) electrons. The van der Waals surface area contributed by atoms with Gasteiger partial charge in [-0.15, -0.1) is 0 Å². The molecular weight excluding hydrogens is 406 g/mol. The molecule has 0 unspecified atom stereocenters. The van der Waals surface area contributed by atoms with Gasteiger partial charge >= 0.3 is 0 Å². The third-order valence-electron chi connectivity index (χ3n) is 7.96. The lowest BCUT2D eigenvalue weighted by atomic mass is 9.89. The number of aromatic amines is 1. The van der Waals surface area contributed by atoms with Crippen molar-refractivity contribution in [2.45, 2.75) is 37.5 Å². The lowest BCUT2D eigenvalue weighted by Crippen LogP contribution is -2.29. The van der Waals surface area contributed by atoms with Crippen LogP contribution in [0.4, 0.5) is 11.4 Å². The van der Waals surface area contributed by atoms with Crippen LogP contribution < -0.4 is 10.6 Å². The second-order valence-corrected chi connectivity index (χ2v) is 10.2. The first-order valence-corrected chi connectivity index (χ1v) is 12.5. The molecule has 2 aromatic heterocycles. The molecule has 2 fully saturated rings. The topological polar surface area (TPSA) is 48.0 Å². The Labute approximate surface area is 196 Å². The number of aromatic nitrogens is 2. The van der Waals surface area contributed by atoms with Crippen LogP contribution in [0.2, 0.25) is 0 Å². The lowest BCUT2D eigenvalue weighted by Gasteiger charge is -2.28. The number of nitrogens with one attached hydrogen (secondary N) is 3. The summed E-state index contributed by atoms with van der Waals surface area (Å²) in [7, 11) is 4.42. The second-order valence-electron chi connectivity index (χ2n) is 10.2. The summed E-state index contributed by atoms with van der Waals surface area (Å²) in [4.78, 5) is 5.94. The first-order valence-electron chi connectivity index (χ1n) is 12.5. The van der Waals surface area contributed by atoms with E-state index in [0.717, 1.165) is 24.5 Å². The summed E-state index contributed by atoms with van der Waals surface area (Å²) >= 11 is 0. The van der Waals surface area contributed by atoms with Gasteiger partial charge in [0.05, 0.1) is 5.52 Å². The van der Waals surface area contributed by atoms with E-state index < -0.39 is 0 Å². The maximum absolute atomic E-state index is 3.68. The van der Waals surface area contributed by atoms with E-state index in [2.05, 4.69) is 88.0 Å². The Hall–Kier alpha value is -2.76. The minimum absolute atomic E-state index is 0.646. The number of piperidine rings is 2. The summed E-state index contributed by atoms with van der Waals surface area (Å²) in [5, 5.41) is 9.94. The SMILES string of the molecule is CN1CCC(c2cn(C)c3cc(Nc4ccc5[nH]cc(C6CCNCC6)c5c4)ccc23)CC1. The van der Waals surface area contributed by atoms with Crippen LogP contribution in [0.3, 0.4) is 0 Å². The molecule has 3 N–H and O–H groups in total. The normalized spacial score (nSPS) is 19.0. The van der Waals surface area contributed by atoms with Crippen molar-refractivity contribution in [2.75, 3.05) is 38.5 Å². The number of H-pyrrole nitrogens is 1. The summed E-state index contributed by atoms with van der Waals surface area (Å²) < 4.78 is 2.30. The van der Waals surface area contributed by atoms with Crippen LogP contribution in [0.1, 0.15) is 48.6 Å². The highest BCUT2D eigenvalue weighted by molar-refractivity contribution is 5.90. The summed E-state index contributed by atoms with van der Waals surface area (Å²) in [5.41, 5.74) is 7.84. The molecule has 0 bridgehead atoms. The Bertz CT molecular complexity index is 1270. The molecule has 0 aliphatic carbocycles. The van der Waals surface area contributed by atoms with E-state index in [0.29, 0.717) is 11.8 Å². The van der Waals surface area contributed by atoms with E-state index in [1.807, 2.05) is 0 Å². The van der Waals surface area contributed by atoms with Gasteiger partial charge in [-0.3, -0.25) is 0 Å². The Morgan fingerprint density at radius 2 is 1.55 bits per heavy atom. The highest BCUT2D eigenvalue weighted by atomic mass is 15.1. The number of benzene rings is 2. The highest BCUT2D eigenvalue weighted by Crippen LogP contribution is 2.36. The standard InChI is InChI=1S/C28H35N5/c1-32-13-9-20(10-14-32)26-18-33(2)28-16-22(3-5-23(26)28)31-21-4-6-27-24(15-21)25(17-30-27)19-7-11-29-12-8-19/h3-6,15-20,29-31H,7-14H2,1-2H3. The first-order chi connectivity index (χ1) is 16.2. The number of anilines is 2. The summed E-state index contributed by atoms with van der Waals surface area (Å²) in [6.07, 6.45) is 9.53. The Balaban J connectivity index is 1.28. The summed E-state index contributed by atoms with van der Waals surface area (Å²) in [6.45, 7) is 4.63. The van der Waals surface area contributed by atoms with Crippen molar-refractivity contribution < 1.29 is 0 Å². The Morgan fingerprint density at radius 3 is 2.36 bits per heavy atom. The molecule has 5 nitrogen and oxygen atoms in total. The van der Waals surface area contributed by atoms with Crippen LogP contribution in [0.15, 0.2) is 48.8 Å². The van der Waals surface area contributed by atoms with Crippen LogP contribution in [0, 0.1) is 0 Å². The molecule has 2 aliphatic heterocycles. The van der Waals surface area contributed by atoms with E-state index in [4.69, 9.17) is 0 Å². The molecule has 0 saturated carbocycles. The van der Waals surface area contributed by atoms with Crippen molar-refractivity contribution in [3.05, 3.63) is 59.9 Å². The fraction of sp³-hybridized carbons (Fsp3) is 0.429. The van der Waals surface area contributed by atoms with Gasteiger partial charge in [-0.1, -0.05) is 6.07 Å². The average Bonchev–Trinajstić information content (AvgIpc) is 3.41. The zero-order valence-electron chi connectivity index (χ0n) is 19.8. The van der Waals surface area contributed by atoms with Gasteiger partial charge in [-0.05, 0) is 112 Å². The number of rotatable bonds is 4. The first kappa shape index (κ1) is 20.8. The second kappa shape index (κ2) is 8.54. The number of nitrogens with zero attached hydrogens (tertiary/aromatic N) is 2. The molecular formula is C28H35N5. The molecule has 2 aliphatic rings. The van der Waals surface area contributed by atoms with E-state index in [1.165, 1.54) is 71.7 Å². The largest absolute Gasteiger partial charge is 0.361 e. The zero-order chi connectivity index (χ0) is 22.4. The van der Waals surface area contributed by atoms with Crippen LogP contribution >= 0.6 is 0 Å². The van der Waals surface area contributed by atoms with Crippen LogP contribution in [-0.2, 0) is 7.05 Å². The Kier molecular flexibility index (Phi) is 5.39. The molecule has 6 rings (SSSR count). The molecule has 2 aromatic carbocycles. The van der Waals surface area contributed by atoms with Crippen molar-refractivity contribution in [1.82, 2.24) is 19.8 Å². The Morgan fingerprint density at radius 1 is 0.818 bits per heavy atom. The van der Waals surface area contributed by atoms with Crippen molar-refractivity contribution >= 4 is 33.2 Å². The van der Waals surface area contributed by atoms with Gasteiger partial charge < -0.3 is 25.1 Å². The van der Waals surface area contributed by atoms with Gasteiger partial charge in [0.25, 0.3) is 0 Å². The van der Waals surface area contributed by atoms with Crippen LogP contribution in [0.5, 0.6) is 0 Å². The molecule has 0 spiro atoms. The predicted molar refractivity (Wildman–Crippen MR) is 139 cm³/mol. The molecule has 5 heteroatoms. The van der Waals surface area contributed by atoms with Gasteiger partial charge in [0.1, 0.15) is 0 Å². The average molecular weight is 442 g/mol. The maximum Gasteiger partial charge on any atom is 0.0501 e. The molecule has 172 valence electrons. The predicted octanol–water partition coefficient (Wildman–Crippen LogP) is 5.68. The minimum atomic E-state index is 0.646. The number of likely N-dealkylation sites (tertiary alicyclic amines) is 1. The van der Waals surface area contributed by atoms with E-state index in [9.17, 15) is 0 Å². The monoisotopic (exact) mass is 441 g/mol. The van der Waals surface area contributed by atoms with Crippen molar-refractivity contribution in [2.24, 2.45) is 7.05 Å². The smallest absolute Gasteiger partial charge is 0.0501 e. The third-order valence-corrected chi connectivity index (χ3v) is 7.96. The zero-order valence-corrected chi connectivity index (χ0v) is 19.8. The van der Waals surface area contributed by atoms with Crippen molar-refractivity contribution in [1.29, 1.82) is 0 Å². The number of hydrogen-bond donors (Lipinski definition) is 3. The van der Waals surface area contributed by atoms with Crippen molar-refractivity contribution in [3.63, 3.8) is 0 Å². The molecule has 0 atom stereocenters. The van der Waals surface area contributed by atoms with Crippen LogP contribution in [-0.4, -0.2) is 47.7 Å². The fourth-order valence-electron chi connectivity index (χ4n) is 6.00. The van der Waals surface area contributed by atoms with Gasteiger partial charge in [0, 0.05) is 47.1 Å². The quantitative estimate of drug-likeness (QED) is 0.382. The fourth-order valence-corrected chi connectivity index (χ4v) is 6.00. The number of aryl methyl sites for hydroxylation is 1. The van der Waals surface area contributed by atoms with Gasteiger partial charge in [0.2, 0.25) is 0 Å². The highest BCUT2D eigenvalue weighted by Gasteiger charge is 2.22. The molecule has 2 saturated heterocycles. The molecule has 4 heterocycles. The molecule has 33 heavy (non-hydrogen) atoms. The van der Waals surface area contributed by atoms with Gasteiger partial charge in [-0.25, -0.2) is 0 Å². The van der Waals surface area contributed by atoms with E-state index in [-0.39, 0.29) is 0 Å². The van der Waals surface area contributed by atoms with E-state index >= 15 is 0 Å². The maximum atomic E-state index is 3.68. The lowest BCUT2D eigenvalue weighted by molar-refractivity contribution is 0.256.